The molecule has 9 aliphatic rings. The number of amides is 2. The molecule has 1 heterocycles. The van der Waals surface area contributed by atoms with Gasteiger partial charge in [-0.3, -0.25) is 9.59 Å². The second kappa shape index (κ2) is 6.98. The van der Waals surface area contributed by atoms with Gasteiger partial charge in [-0.1, -0.05) is 6.92 Å². The summed E-state index contributed by atoms with van der Waals surface area (Å²) in [6.07, 6.45) is 15.2. The van der Waals surface area contributed by atoms with Crippen LogP contribution in [0.5, 0.6) is 0 Å². The van der Waals surface area contributed by atoms with Crippen LogP contribution in [0.1, 0.15) is 84.0 Å². The van der Waals surface area contributed by atoms with Crippen molar-refractivity contribution in [3.05, 3.63) is 0 Å². The Morgan fingerprint density at radius 2 is 0.844 bits per heavy atom. The molecule has 0 aromatic rings. The van der Waals surface area contributed by atoms with Crippen LogP contribution >= 0.6 is 0 Å². The summed E-state index contributed by atoms with van der Waals surface area (Å²) in [5.74, 6) is 6.17. The fourth-order valence-corrected chi connectivity index (χ4v) is 11.0. The summed E-state index contributed by atoms with van der Waals surface area (Å²) in [5.41, 5.74) is -0.0961. The molecule has 176 valence electrons. The van der Waals surface area contributed by atoms with Gasteiger partial charge in [-0.05, 0) is 118 Å². The van der Waals surface area contributed by atoms with Crippen LogP contribution in [-0.4, -0.2) is 47.8 Å². The standard InChI is InChI=1S/C28H42N2O2/c1-18-16-29(25(31)27-10-19-4-20(11-27)6-21(5-19)12-27)2-3-30(17-18)26(32)28-13-22-7-23(14-28)9-24(8-22)15-28/h18-24H,2-17H2,1H3. The SMILES string of the molecule is CC1CN(C(=O)C23CC4CC(CC(C4)C2)C3)CCN(C(=O)C23CC4CC(CC(C4)C2)C3)C1. The van der Waals surface area contributed by atoms with Crippen molar-refractivity contribution in [1.82, 2.24) is 9.80 Å². The van der Waals surface area contributed by atoms with E-state index in [0.29, 0.717) is 17.7 Å². The van der Waals surface area contributed by atoms with Crippen molar-refractivity contribution < 1.29 is 9.59 Å². The molecule has 0 radical (unpaired) electrons. The maximum Gasteiger partial charge on any atom is 0.228 e. The van der Waals surface area contributed by atoms with Crippen molar-refractivity contribution in [2.24, 2.45) is 52.3 Å². The molecule has 0 aromatic carbocycles. The van der Waals surface area contributed by atoms with Crippen molar-refractivity contribution in [2.75, 3.05) is 26.2 Å². The predicted octanol–water partition coefficient (Wildman–Crippen LogP) is 4.73. The van der Waals surface area contributed by atoms with Crippen LogP contribution in [0.3, 0.4) is 0 Å². The quantitative estimate of drug-likeness (QED) is 0.626. The highest BCUT2D eigenvalue weighted by Crippen LogP contribution is 2.62. The van der Waals surface area contributed by atoms with Gasteiger partial charge in [0, 0.05) is 26.2 Å². The Bertz CT molecular complexity index is 682. The first-order valence-corrected chi connectivity index (χ1v) is 14.0. The monoisotopic (exact) mass is 438 g/mol. The molecule has 0 atom stereocenters. The van der Waals surface area contributed by atoms with E-state index in [1.54, 1.807) is 0 Å². The van der Waals surface area contributed by atoms with E-state index >= 15 is 0 Å². The average Bonchev–Trinajstić information content (AvgIpc) is 2.92. The number of hydrogen-bond acceptors (Lipinski definition) is 2. The number of carbonyl (C=O) groups is 2. The first-order chi connectivity index (χ1) is 15.4. The van der Waals surface area contributed by atoms with Gasteiger partial charge in [-0.15, -0.1) is 0 Å². The molecule has 0 unspecified atom stereocenters. The normalized spacial score (nSPS) is 51.2. The zero-order chi connectivity index (χ0) is 21.7. The topological polar surface area (TPSA) is 40.6 Å². The predicted molar refractivity (Wildman–Crippen MR) is 124 cm³/mol. The van der Waals surface area contributed by atoms with Gasteiger partial charge < -0.3 is 9.80 Å². The first-order valence-electron chi connectivity index (χ1n) is 14.0. The Kier molecular flexibility index (Phi) is 4.43. The molecule has 8 saturated carbocycles. The molecule has 4 heteroatoms. The van der Waals surface area contributed by atoms with E-state index in [-0.39, 0.29) is 10.8 Å². The fraction of sp³-hybridized carbons (Fsp3) is 0.929. The summed E-state index contributed by atoms with van der Waals surface area (Å²) in [5, 5.41) is 0. The third kappa shape index (κ3) is 3.06. The molecule has 4 nitrogen and oxygen atoms in total. The molecule has 0 aromatic heterocycles. The zero-order valence-electron chi connectivity index (χ0n) is 20.1. The molecule has 32 heavy (non-hydrogen) atoms. The number of carbonyl (C=O) groups excluding carboxylic acids is 2. The smallest absolute Gasteiger partial charge is 0.228 e. The summed E-state index contributed by atoms with van der Waals surface area (Å²) >= 11 is 0. The minimum atomic E-state index is -0.0480. The van der Waals surface area contributed by atoms with E-state index in [1.807, 2.05) is 0 Å². The second-order valence-corrected chi connectivity index (χ2v) is 14.0. The van der Waals surface area contributed by atoms with Gasteiger partial charge in [0.25, 0.3) is 0 Å². The minimum Gasteiger partial charge on any atom is -0.340 e. The van der Waals surface area contributed by atoms with Crippen LogP contribution in [0.25, 0.3) is 0 Å². The van der Waals surface area contributed by atoms with Crippen LogP contribution in [0, 0.1) is 52.3 Å². The van der Waals surface area contributed by atoms with Crippen LogP contribution in [0.4, 0.5) is 0 Å². The Balaban J connectivity index is 1.08. The highest BCUT2D eigenvalue weighted by Gasteiger charge is 2.57. The van der Waals surface area contributed by atoms with Crippen molar-refractivity contribution in [2.45, 2.75) is 84.0 Å². The second-order valence-electron chi connectivity index (χ2n) is 14.0. The first kappa shape index (κ1) is 20.3. The number of hydrogen-bond donors (Lipinski definition) is 0. The van der Waals surface area contributed by atoms with E-state index in [4.69, 9.17) is 0 Å². The maximum absolute atomic E-state index is 14.0. The molecular formula is C28H42N2O2. The maximum atomic E-state index is 14.0. The lowest BCUT2D eigenvalue weighted by molar-refractivity contribution is -0.159. The molecule has 9 fully saturated rings. The van der Waals surface area contributed by atoms with Crippen molar-refractivity contribution >= 4 is 11.8 Å². The van der Waals surface area contributed by atoms with Crippen molar-refractivity contribution in [3.63, 3.8) is 0 Å². The third-order valence-corrected chi connectivity index (χ3v) is 11.3. The molecule has 8 bridgehead atoms. The van der Waals surface area contributed by atoms with Crippen LogP contribution in [0.15, 0.2) is 0 Å². The highest BCUT2D eigenvalue weighted by atomic mass is 16.2. The van der Waals surface area contributed by atoms with E-state index in [2.05, 4.69) is 16.7 Å². The molecule has 0 spiro atoms. The van der Waals surface area contributed by atoms with E-state index in [1.165, 1.54) is 38.5 Å². The van der Waals surface area contributed by atoms with Gasteiger partial charge in [0.05, 0.1) is 10.8 Å². The largest absolute Gasteiger partial charge is 0.340 e. The van der Waals surface area contributed by atoms with Crippen LogP contribution in [-0.2, 0) is 9.59 Å². The molecule has 9 rings (SSSR count). The minimum absolute atomic E-state index is 0.0480. The molecule has 1 saturated heterocycles. The van der Waals surface area contributed by atoms with Crippen LogP contribution in [0.2, 0.25) is 0 Å². The molecular weight excluding hydrogens is 396 g/mol. The average molecular weight is 439 g/mol. The lowest BCUT2D eigenvalue weighted by Crippen LogP contribution is -2.56. The van der Waals surface area contributed by atoms with E-state index < -0.39 is 0 Å². The van der Waals surface area contributed by atoms with Gasteiger partial charge >= 0.3 is 0 Å². The summed E-state index contributed by atoms with van der Waals surface area (Å²) in [7, 11) is 0. The van der Waals surface area contributed by atoms with E-state index in [0.717, 1.165) is 100 Å². The van der Waals surface area contributed by atoms with Crippen molar-refractivity contribution in [3.8, 4) is 0 Å². The van der Waals surface area contributed by atoms with Crippen LogP contribution < -0.4 is 0 Å². The zero-order valence-corrected chi connectivity index (χ0v) is 20.1. The summed E-state index contributed by atoms with van der Waals surface area (Å²) in [6.45, 7) is 5.51. The van der Waals surface area contributed by atoms with Gasteiger partial charge in [0.1, 0.15) is 0 Å². The fourth-order valence-electron chi connectivity index (χ4n) is 11.0. The number of rotatable bonds is 2. The summed E-state index contributed by atoms with van der Waals surface area (Å²) in [6, 6.07) is 0. The lowest BCUT2D eigenvalue weighted by atomic mass is 9.49. The molecule has 1 aliphatic heterocycles. The Hall–Kier alpha value is -1.06. The third-order valence-electron chi connectivity index (χ3n) is 11.3. The number of nitrogens with zero attached hydrogens (tertiary/aromatic N) is 2. The van der Waals surface area contributed by atoms with Gasteiger partial charge in [0.15, 0.2) is 0 Å². The Morgan fingerprint density at radius 1 is 0.562 bits per heavy atom. The lowest BCUT2D eigenvalue weighted by Gasteiger charge is -2.57. The molecule has 8 aliphatic carbocycles. The van der Waals surface area contributed by atoms with Gasteiger partial charge in [-0.25, -0.2) is 0 Å². The Labute approximate surface area is 193 Å². The van der Waals surface area contributed by atoms with Crippen molar-refractivity contribution in [1.29, 1.82) is 0 Å². The molecule has 0 N–H and O–H groups in total. The van der Waals surface area contributed by atoms with Gasteiger partial charge in [0.2, 0.25) is 11.8 Å². The highest BCUT2D eigenvalue weighted by molar-refractivity contribution is 5.85. The van der Waals surface area contributed by atoms with E-state index in [9.17, 15) is 9.59 Å². The summed E-state index contributed by atoms with van der Waals surface area (Å²) < 4.78 is 0. The van der Waals surface area contributed by atoms with Gasteiger partial charge in [-0.2, -0.15) is 0 Å². The summed E-state index contributed by atoms with van der Waals surface area (Å²) in [4.78, 5) is 32.4. The molecule has 2 amide bonds. The Morgan fingerprint density at radius 3 is 1.12 bits per heavy atom.